The first kappa shape index (κ1) is 12.2. The van der Waals surface area contributed by atoms with Gasteiger partial charge in [0.25, 0.3) is 0 Å². The van der Waals surface area contributed by atoms with E-state index in [9.17, 15) is 4.79 Å². The molecule has 0 fully saturated rings. The topological polar surface area (TPSA) is 17.1 Å². The first-order valence-corrected chi connectivity index (χ1v) is 5.87. The Labute approximate surface area is 104 Å². The second kappa shape index (κ2) is 6.56. The molecule has 0 aliphatic carbocycles. The van der Waals surface area contributed by atoms with Crippen molar-refractivity contribution in [2.24, 2.45) is 0 Å². The summed E-state index contributed by atoms with van der Waals surface area (Å²) in [6, 6.07) is 8.03. The lowest BCUT2D eigenvalue weighted by Gasteiger charge is -1.97. The highest BCUT2D eigenvalue weighted by Gasteiger charge is 1.97. The second-order valence-electron chi connectivity index (χ2n) is 3.16. The van der Waals surface area contributed by atoms with Crippen LogP contribution < -0.4 is 0 Å². The zero-order valence-electron chi connectivity index (χ0n) is 8.61. The van der Waals surface area contributed by atoms with Crippen LogP contribution in [0.1, 0.15) is 18.1 Å². The molecule has 1 nitrogen and oxygen atoms in total. The van der Waals surface area contributed by atoms with E-state index in [1.54, 1.807) is 0 Å². The number of benzene rings is 1. The number of carbonyl (C=O) groups is 1. The Morgan fingerprint density at radius 1 is 1.27 bits per heavy atom. The van der Waals surface area contributed by atoms with Gasteiger partial charge in [0.1, 0.15) is 0 Å². The minimum Gasteiger partial charge on any atom is -0.287 e. The quantitative estimate of drug-likeness (QED) is 0.470. The third-order valence-electron chi connectivity index (χ3n) is 1.92. The summed E-state index contributed by atoms with van der Waals surface area (Å²) in [7, 11) is 0. The second-order valence-corrected chi connectivity index (χ2v) is 4.36. The van der Waals surface area contributed by atoms with Crippen molar-refractivity contribution in [2.45, 2.75) is 13.3 Å². The molecule has 0 heterocycles. The molecular weight excluding hydrogens is 299 g/mol. The van der Waals surface area contributed by atoms with E-state index in [4.69, 9.17) is 0 Å². The minimum absolute atomic E-state index is 0.171. The van der Waals surface area contributed by atoms with Crippen molar-refractivity contribution in [3.8, 4) is 0 Å². The fourth-order valence-electron chi connectivity index (χ4n) is 1.18. The molecule has 1 aromatic carbocycles. The van der Waals surface area contributed by atoms with Crippen LogP contribution in [0.5, 0.6) is 0 Å². The lowest BCUT2D eigenvalue weighted by Crippen LogP contribution is -1.91. The number of carbonyl (C=O) groups excluding carboxylic acids is 1. The summed E-state index contributed by atoms with van der Waals surface area (Å²) in [5.74, 6) is 0. The fraction of sp³-hybridized carbons (Fsp3) is 0.154. The Balaban J connectivity index is 2.67. The summed E-state index contributed by atoms with van der Waals surface area (Å²) >= 11 is 1.82. The van der Waals surface area contributed by atoms with E-state index in [0.717, 1.165) is 11.1 Å². The maximum Gasteiger partial charge on any atom is 0.196 e. The van der Waals surface area contributed by atoms with Gasteiger partial charge in [0.2, 0.25) is 0 Å². The highest BCUT2D eigenvalue weighted by atomic mass is 127. The molecule has 78 valence electrons. The molecular formula is C13H13IO. The molecule has 0 aliphatic heterocycles. The zero-order valence-corrected chi connectivity index (χ0v) is 10.8. The molecule has 0 saturated carbocycles. The summed E-state index contributed by atoms with van der Waals surface area (Å²) < 4.78 is 0.171. The van der Waals surface area contributed by atoms with Crippen LogP contribution >= 0.6 is 22.6 Å². The molecule has 0 spiro atoms. The van der Waals surface area contributed by atoms with Crippen molar-refractivity contribution >= 4 is 32.5 Å². The van der Waals surface area contributed by atoms with E-state index in [0.29, 0.717) is 6.42 Å². The smallest absolute Gasteiger partial charge is 0.196 e. The molecule has 2 heteroatoms. The van der Waals surface area contributed by atoms with Crippen LogP contribution in [0.2, 0.25) is 0 Å². The van der Waals surface area contributed by atoms with E-state index in [1.165, 1.54) is 0 Å². The first-order valence-electron chi connectivity index (χ1n) is 4.79. The predicted molar refractivity (Wildman–Crippen MR) is 73.0 cm³/mol. The molecule has 0 unspecified atom stereocenters. The fourth-order valence-corrected chi connectivity index (χ4v) is 1.63. The largest absolute Gasteiger partial charge is 0.287 e. The van der Waals surface area contributed by atoms with Gasteiger partial charge < -0.3 is 0 Å². The van der Waals surface area contributed by atoms with Gasteiger partial charge in [0.05, 0.1) is 0 Å². The van der Waals surface area contributed by atoms with E-state index < -0.39 is 0 Å². The summed E-state index contributed by atoms with van der Waals surface area (Å²) in [6.07, 6.45) is 8.52. The van der Waals surface area contributed by atoms with Crippen LogP contribution in [0.15, 0.2) is 42.5 Å². The van der Waals surface area contributed by atoms with Gasteiger partial charge in [-0.1, -0.05) is 48.6 Å². The van der Waals surface area contributed by atoms with Crippen LogP contribution in [-0.2, 0) is 11.2 Å². The lowest BCUT2D eigenvalue weighted by molar-refractivity contribution is -0.108. The molecule has 1 rings (SSSR count). The van der Waals surface area contributed by atoms with E-state index in [-0.39, 0.29) is 3.79 Å². The summed E-state index contributed by atoms with van der Waals surface area (Å²) in [5.41, 5.74) is 2.22. The molecule has 1 aromatic rings. The van der Waals surface area contributed by atoms with Gasteiger partial charge in [-0.2, -0.15) is 0 Å². The van der Waals surface area contributed by atoms with E-state index in [1.807, 2.05) is 78.1 Å². The molecule has 15 heavy (non-hydrogen) atoms. The SMILES string of the molecule is C/C=C\C=C/c1ccc(CC(=O)I)cc1. The molecule has 0 saturated heterocycles. The van der Waals surface area contributed by atoms with Crippen molar-refractivity contribution in [3.05, 3.63) is 53.6 Å². The molecule has 0 bridgehead atoms. The van der Waals surface area contributed by atoms with Gasteiger partial charge in [-0.25, -0.2) is 0 Å². The maximum absolute atomic E-state index is 10.9. The zero-order chi connectivity index (χ0) is 11.1. The Morgan fingerprint density at radius 2 is 1.93 bits per heavy atom. The molecule has 0 aromatic heterocycles. The lowest BCUT2D eigenvalue weighted by atomic mass is 10.1. The first-order chi connectivity index (χ1) is 7.22. The predicted octanol–water partition coefficient (Wildman–Crippen LogP) is 3.78. The number of hydrogen-bond acceptors (Lipinski definition) is 1. The Kier molecular flexibility index (Phi) is 5.32. The van der Waals surface area contributed by atoms with Gasteiger partial charge in [0.15, 0.2) is 3.79 Å². The van der Waals surface area contributed by atoms with Crippen LogP contribution in [0, 0.1) is 0 Å². The number of rotatable bonds is 4. The highest BCUT2D eigenvalue weighted by Crippen LogP contribution is 2.08. The molecule has 0 radical (unpaired) electrons. The molecule has 0 amide bonds. The van der Waals surface area contributed by atoms with Crippen molar-refractivity contribution in [1.29, 1.82) is 0 Å². The summed E-state index contributed by atoms with van der Waals surface area (Å²) in [5, 5.41) is 0. The van der Waals surface area contributed by atoms with Crippen LogP contribution in [0.3, 0.4) is 0 Å². The van der Waals surface area contributed by atoms with Gasteiger partial charge in [-0.15, -0.1) is 0 Å². The molecule has 0 atom stereocenters. The highest BCUT2D eigenvalue weighted by molar-refractivity contribution is 14.1. The number of halogens is 1. The third-order valence-corrected chi connectivity index (χ3v) is 2.30. The Bertz CT molecular complexity index is 374. The van der Waals surface area contributed by atoms with Gasteiger partial charge in [-0.05, 0) is 40.6 Å². The van der Waals surface area contributed by atoms with Crippen LogP contribution in [-0.4, -0.2) is 3.79 Å². The Morgan fingerprint density at radius 3 is 2.47 bits per heavy atom. The maximum atomic E-state index is 10.9. The van der Waals surface area contributed by atoms with Crippen molar-refractivity contribution in [1.82, 2.24) is 0 Å². The average molecular weight is 312 g/mol. The summed E-state index contributed by atoms with van der Waals surface area (Å²) in [6.45, 7) is 1.99. The van der Waals surface area contributed by atoms with E-state index >= 15 is 0 Å². The van der Waals surface area contributed by atoms with Crippen molar-refractivity contribution in [3.63, 3.8) is 0 Å². The van der Waals surface area contributed by atoms with Gasteiger partial charge >= 0.3 is 0 Å². The van der Waals surface area contributed by atoms with Crippen molar-refractivity contribution in [2.75, 3.05) is 0 Å². The standard InChI is InChI=1S/C13H13IO/c1-2-3-4-5-11-6-8-12(9-7-11)10-13(14)15/h2-9H,10H2,1H3/b3-2-,5-4-. The van der Waals surface area contributed by atoms with Gasteiger partial charge in [-0.3, -0.25) is 4.79 Å². The average Bonchev–Trinajstić information content (AvgIpc) is 2.20. The van der Waals surface area contributed by atoms with Crippen LogP contribution in [0.25, 0.3) is 6.08 Å². The van der Waals surface area contributed by atoms with E-state index in [2.05, 4.69) is 0 Å². The number of allylic oxidation sites excluding steroid dienone is 3. The molecule has 0 N–H and O–H groups in total. The van der Waals surface area contributed by atoms with Gasteiger partial charge in [0, 0.05) is 6.42 Å². The third kappa shape index (κ3) is 4.93. The number of hydrogen-bond donors (Lipinski definition) is 0. The molecule has 0 aliphatic rings. The summed E-state index contributed by atoms with van der Waals surface area (Å²) in [4.78, 5) is 10.9. The minimum atomic E-state index is 0.171. The monoisotopic (exact) mass is 312 g/mol. The van der Waals surface area contributed by atoms with Crippen molar-refractivity contribution < 1.29 is 4.79 Å². The Hall–Kier alpha value is -0.900. The van der Waals surface area contributed by atoms with Crippen LogP contribution in [0.4, 0.5) is 0 Å². The normalized spacial score (nSPS) is 11.3.